The van der Waals surface area contributed by atoms with Gasteiger partial charge in [-0.1, -0.05) is 19.1 Å². The van der Waals surface area contributed by atoms with Crippen molar-refractivity contribution in [3.8, 4) is 17.4 Å². The number of nitrogens with one attached hydrogen (secondary N) is 1. The standard InChI is InChI=1S/C24H27N3O3/c1-4-15-29-21-10-12-22(13-11-21)30-24-19(8-6-14-25-24)17-26-23(28)18-7-5-9-20(16-18)27(2)3/h5-14,16H,4,15,17H2,1-3H3,(H,26,28). The van der Waals surface area contributed by atoms with Gasteiger partial charge in [0.25, 0.3) is 5.91 Å². The quantitative estimate of drug-likeness (QED) is 0.561. The maximum absolute atomic E-state index is 12.6. The number of nitrogens with zero attached hydrogens (tertiary/aromatic N) is 2. The number of ether oxygens (including phenoxy) is 2. The molecule has 1 N–H and O–H groups in total. The molecule has 3 rings (SSSR count). The predicted molar refractivity (Wildman–Crippen MR) is 118 cm³/mol. The van der Waals surface area contributed by atoms with Crippen molar-refractivity contribution < 1.29 is 14.3 Å². The van der Waals surface area contributed by atoms with Crippen LogP contribution in [0.5, 0.6) is 17.4 Å². The highest BCUT2D eigenvalue weighted by Crippen LogP contribution is 2.25. The number of benzene rings is 2. The monoisotopic (exact) mass is 405 g/mol. The zero-order chi connectivity index (χ0) is 21.3. The van der Waals surface area contributed by atoms with Crippen molar-refractivity contribution in [1.29, 1.82) is 0 Å². The molecule has 0 bridgehead atoms. The molecule has 0 aliphatic rings. The van der Waals surface area contributed by atoms with Gasteiger partial charge in [-0.05, 0) is 55.0 Å². The molecule has 1 aromatic heterocycles. The van der Waals surface area contributed by atoms with Crippen LogP contribution in [0.4, 0.5) is 5.69 Å². The Balaban J connectivity index is 1.65. The number of pyridine rings is 1. The van der Waals surface area contributed by atoms with E-state index in [1.807, 2.05) is 73.6 Å². The summed E-state index contributed by atoms with van der Waals surface area (Å²) in [6.07, 6.45) is 2.63. The fourth-order valence-corrected chi connectivity index (χ4v) is 2.79. The fraction of sp³-hybridized carbons (Fsp3) is 0.250. The van der Waals surface area contributed by atoms with Gasteiger partial charge in [0, 0.05) is 43.7 Å². The second kappa shape index (κ2) is 10.3. The Hall–Kier alpha value is -3.54. The van der Waals surface area contributed by atoms with Gasteiger partial charge in [0.1, 0.15) is 11.5 Å². The van der Waals surface area contributed by atoms with Crippen LogP contribution in [0.25, 0.3) is 0 Å². The minimum atomic E-state index is -0.147. The summed E-state index contributed by atoms with van der Waals surface area (Å²) in [5.41, 5.74) is 2.37. The second-order valence-electron chi connectivity index (χ2n) is 7.02. The first-order valence-electron chi connectivity index (χ1n) is 9.97. The molecule has 0 atom stereocenters. The van der Waals surface area contributed by atoms with E-state index >= 15 is 0 Å². The van der Waals surface area contributed by atoms with Crippen LogP contribution in [0.2, 0.25) is 0 Å². The number of anilines is 1. The van der Waals surface area contributed by atoms with Crippen LogP contribution in [-0.2, 0) is 6.54 Å². The smallest absolute Gasteiger partial charge is 0.251 e. The number of rotatable bonds is 9. The molecule has 1 amide bonds. The molecule has 0 saturated carbocycles. The van der Waals surface area contributed by atoms with Crippen LogP contribution in [0.1, 0.15) is 29.3 Å². The lowest BCUT2D eigenvalue weighted by atomic mass is 10.1. The molecule has 6 nitrogen and oxygen atoms in total. The van der Waals surface area contributed by atoms with Crippen LogP contribution < -0.4 is 19.7 Å². The third-order valence-corrected chi connectivity index (χ3v) is 4.43. The largest absolute Gasteiger partial charge is 0.494 e. The molecule has 0 unspecified atom stereocenters. The lowest BCUT2D eigenvalue weighted by Gasteiger charge is -2.14. The molecule has 156 valence electrons. The Bertz CT molecular complexity index is 971. The first-order valence-corrected chi connectivity index (χ1v) is 9.97. The van der Waals surface area contributed by atoms with Gasteiger partial charge < -0.3 is 19.7 Å². The van der Waals surface area contributed by atoms with Crippen molar-refractivity contribution in [2.45, 2.75) is 19.9 Å². The average molecular weight is 405 g/mol. The minimum Gasteiger partial charge on any atom is -0.494 e. The molecule has 1 heterocycles. The summed E-state index contributed by atoms with van der Waals surface area (Å²) in [4.78, 5) is 18.9. The normalized spacial score (nSPS) is 10.4. The predicted octanol–water partition coefficient (Wildman–Crippen LogP) is 4.66. The van der Waals surface area contributed by atoms with Crippen molar-refractivity contribution in [1.82, 2.24) is 10.3 Å². The molecule has 0 aliphatic carbocycles. The second-order valence-corrected chi connectivity index (χ2v) is 7.02. The lowest BCUT2D eigenvalue weighted by molar-refractivity contribution is 0.0950. The van der Waals surface area contributed by atoms with E-state index < -0.39 is 0 Å². The summed E-state index contributed by atoms with van der Waals surface area (Å²) < 4.78 is 11.5. The van der Waals surface area contributed by atoms with E-state index in [2.05, 4.69) is 17.2 Å². The SMILES string of the molecule is CCCOc1ccc(Oc2ncccc2CNC(=O)c2cccc(N(C)C)c2)cc1. The summed E-state index contributed by atoms with van der Waals surface area (Å²) in [5.74, 6) is 1.77. The van der Waals surface area contributed by atoms with Gasteiger partial charge in [-0.2, -0.15) is 0 Å². The molecule has 0 fully saturated rings. The lowest BCUT2D eigenvalue weighted by Crippen LogP contribution is -2.23. The molecular formula is C24H27N3O3. The summed E-state index contributed by atoms with van der Waals surface area (Å²) >= 11 is 0. The van der Waals surface area contributed by atoms with Gasteiger partial charge in [-0.15, -0.1) is 0 Å². The number of carbonyl (C=O) groups excluding carboxylic acids is 1. The number of hydrogen-bond acceptors (Lipinski definition) is 5. The van der Waals surface area contributed by atoms with Crippen molar-refractivity contribution in [2.24, 2.45) is 0 Å². The first-order chi connectivity index (χ1) is 14.6. The Labute approximate surface area is 177 Å². The van der Waals surface area contributed by atoms with E-state index in [4.69, 9.17) is 9.47 Å². The van der Waals surface area contributed by atoms with E-state index in [9.17, 15) is 4.79 Å². The molecule has 30 heavy (non-hydrogen) atoms. The zero-order valence-corrected chi connectivity index (χ0v) is 17.6. The molecule has 2 aromatic carbocycles. The number of hydrogen-bond donors (Lipinski definition) is 1. The molecule has 6 heteroatoms. The Morgan fingerprint density at radius 3 is 2.53 bits per heavy atom. The molecule has 0 radical (unpaired) electrons. The topological polar surface area (TPSA) is 63.7 Å². The van der Waals surface area contributed by atoms with Gasteiger partial charge in [-0.25, -0.2) is 4.98 Å². The maximum atomic E-state index is 12.6. The van der Waals surface area contributed by atoms with Crippen LogP contribution in [0.3, 0.4) is 0 Å². The van der Waals surface area contributed by atoms with Crippen LogP contribution in [0.15, 0.2) is 66.9 Å². The molecule has 0 aliphatic heterocycles. The van der Waals surface area contributed by atoms with Crippen molar-refractivity contribution in [3.05, 3.63) is 78.0 Å². The summed E-state index contributed by atoms with van der Waals surface area (Å²) in [6.45, 7) is 3.06. The zero-order valence-electron chi connectivity index (χ0n) is 17.6. The van der Waals surface area contributed by atoms with Crippen molar-refractivity contribution >= 4 is 11.6 Å². The van der Waals surface area contributed by atoms with Crippen molar-refractivity contribution in [3.63, 3.8) is 0 Å². The maximum Gasteiger partial charge on any atom is 0.251 e. The van der Waals surface area contributed by atoms with E-state index in [-0.39, 0.29) is 5.91 Å². The first kappa shape index (κ1) is 21.2. The van der Waals surface area contributed by atoms with Crippen LogP contribution in [-0.4, -0.2) is 31.6 Å². The Morgan fingerprint density at radius 2 is 1.80 bits per heavy atom. The van der Waals surface area contributed by atoms with E-state index in [0.29, 0.717) is 30.3 Å². The van der Waals surface area contributed by atoms with Gasteiger partial charge in [0.2, 0.25) is 5.88 Å². The highest BCUT2D eigenvalue weighted by Gasteiger charge is 2.11. The number of amides is 1. The minimum absolute atomic E-state index is 0.147. The van der Waals surface area contributed by atoms with Gasteiger partial charge in [-0.3, -0.25) is 4.79 Å². The van der Waals surface area contributed by atoms with E-state index in [1.54, 1.807) is 12.3 Å². The van der Waals surface area contributed by atoms with Gasteiger partial charge in [0.05, 0.1) is 6.61 Å². The van der Waals surface area contributed by atoms with Crippen LogP contribution in [0, 0.1) is 0 Å². The Morgan fingerprint density at radius 1 is 1.03 bits per heavy atom. The third-order valence-electron chi connectivity index (χ3n) is 4.43. The van der Waals surface area contributed by atoms with Gasteiger partial charge in [0.15, 0.2) is 0 Å². The van der Waals surface area contributed by atoms with Crippen LogP contribution >= 0.6 is 0 Å². The summed E-state index contributed by atoms with van der Waals surface area (Å²) in [5, 5.41) is 2.94. The number of aromatic nitrogens is 1. The van der Waals surface area contributed by atoms with E-state index in [1.165, 1.54) is 0 Å². The van der Waals surface area contributed by atoms with Gasteiger partial charge >= 0.3 is 0 Å². The molecule has 0 spiro atoms. The van der Waals surface area contributed by atoms with E-state index in [0.717, 1.165) is 23.4 Å². The summed E-state index contributed by atoms with van der Waals surface area (Å²) in [6, 6.07) is 18.6. The fourth-order valence-electron chi connectivity index (χ4n) is 2.79. The summed E-state index contributed by atoms with van der Waals surface area (Å²) in [7, 11) is 3.89. The average Bonchev–Trinajstić information content (AvgIpc) is 2.78. The molecule has 3 aromatic rings. The molecular weight excluding hydrogens is 378 g/mol. The Kier molecular flexibility index (Phi) is 7.27. The third kappa shape index (κ3) is 5.73. The highest BCUT2D eigenvalue weighted by molar-refractivity contribution is 5.95. The number of carbonyl (C=O) groups is 1. The molecule has 0 saturated heterocycles. The highest BCUT2D eigenvalue weighted by atomic mass is 16.5. The van der Waals surface area contributed by atoms with Crippen molar-refractivity contribution in [2.75, 3.05) is 25.6 Å².